The summed E-state index contributed by atoms with van der Waals surface area (Å²) in [6, 6.07) is 18.1. The molecule has 0 saturated heterocycles. The number of hydrogen-bond acceptors (Lipinski definition) is 4. The quantitative estimate of drug-likeness (QED) is 0.496. The third kappa shape index (κ3) is 2.99. The van der Waals surface area contributed by atoms with Crippen LogP contribution in [0.3, 0.4) is 0 Å². The van der Waals surface area contributed by atoms with E-state index in [1.807, 2.05) is 48.7 Å². The number of aromatic nitrogens is 1. The maximum Gasteiger partial charge on any atom is 0.132 e. The van der Waals surface area contributed by atoms with Gasteiger partial charge in [0.2, 0.25) is 0 Å². The minimum Gasteiger partial charge on any atom is -0.399 e. The number of thiophene rings is 1. The molecule has 3 nitrogen and oxygen atoms in total. The Morgan fingerprint density at radius 2 is 1.64 bits per heavy atom. The molecule has 0 aliphatic carbocycles. The normalized spacial score (nSPS) is 11.4. The average molecular weight is 343 g/mol. The van der Waals surface area contributed by atoms with Crippen LogP contribution < -0.4 is 11.5 Å². The first-order valence-corrected chi connectivity index (χ1v) is 8.85. The Kier molecular flexibility index (Phi) is 3.96. The molecule has 0 saturated carbocycles. The largest absolute Gasteiger partial charge is 0.399 e. The predicted molar refractivity (Wildman–Crippen MR) is 109 cm³/mol. The van der Waals surface area contributed by atoms with Crippen LogP contribution in [0.1, 0.15) is 11.1 Å². The van der Waals surface area contributed by atoms with Crippen LogP contribution in [0.25, 0.3) is 33.4 Å². The van der Waals surface area contributed by atoms with Crippen molar-refractivity contribution in [3.05, 3.63) is 77.3 Å². The van der Waals surface area contributed by atoms with E-state index in [4.69, 9.17) is 11.5 Å². The molecule has 0 unspecified atom stereocenters. The highest BCUT2D eigenvalue weighted by Gasteiger charge is 2.12. The van der Waals surface area contributed by atoms with Crippen molar-refractivity contribution >= 4 is 45.1 Å². The van der Waals surface area contributed by atoms with E-state index in [0.717, 1.165) is 38.0 Å². The molecule has 0 bridgehead atoms. The first kappa shape index (κ1) is 15.4. The first-order chi connectivity index (χ1) is 12.2. The zero-order valence-electron chi connectivity index (χ0n) is 13.5. The van der Waals surface area contributed by atoms with Crippen LogP contribution in [-0.2, 0) is 0 Å². The van der Waals surface area contributed by atoms with E-state index >= 15 is 0 Å². The minimum absolute atomic E-state index is 0.555. The van der Waals surface area contributed by atoms with Gasteiger partial charge in [-0.25, -0.2) is 4.98 Å². The van der Waals surface area contributed by atoms with E-state index in [0.29, 0.717) is 5.82 Å². The van der Waals surface area contributed by atoms with E-state index in [2.05, 4.69) is 34.6 Å². The Bertz CT molecular complexity index is 1050. The van der Waals surface area contributed by atoms with Crippen molar-refractivity contribution in [1.82, 2.24) is 4.98 Å². The number of fused-ring (bicyclic) bond motifs is 1. The fraction of sp³-hybridized carbons (Fsp3) is 0. The molecule has 2 aromatic carbocycles. The van der Waals surface area contributed by atoms with Crippen LogP contribution in [0.15, 0.2) is 66.2 Å². The van der Waals surface area contributed by atoms with E-state index < -0.39 is 0 Å². The van der Waals surface area contributed by atoms with E-state index in [1.54, 1.807) is 11.3 Å². The van der Waals surface area contributed by atoms with Gasteiger partial charge >= 0.3 is 0 Å². The number of pyridine rings is 1. The second-order valence-corrected chi connectivity index (χ2v) is 6.70. The Morgan fingerprint density at radius 3 is 2.40 bits per heavy atom. The summed E-state index contributed by atoms with van der Waals surface area (Å²) in [5.41, 5.74) is 17.2. The summed E-state index contributed by atoms with van der Waals surface area (Å²) in [6.07, 6.45) is 6.02. The molecule has 4 heteroatoms. The van der Waals surface area contributed by atoms with Gasteiger partial charge in [0, 0.05) is 33.1 Å². The molecule has 0 radical (unpaired) electrons. The van der Waals surface area contributed by atoms with Crippen molar-refractivity contribution in [1.29, 1.82) is 0 Å². The molecular weight excluding hydrogens is 326 g/mol. The zero-order valence-corrected chi connectivity index (χ0v) is 14.3. The van der Waals surface area contributed by atoms with Crippen LogP contribution >= 0.6 is 11.3 Å². The third-order valence-electron chi connectivity index (χ3n) is 4.13. The van der Waals surface area contributed by atoms with Gasteiger partial charge in [-0.2, -0.15) is 0 Å². The van der Waals surface area contributed by atoms with Crippen molar-refractivity contribution in [2.75, 3.05) is 11.5 Å². The van der Waals surface area contributed by atoms with Crippen LogP contribution in [0.2, 0.25) is 0 Å². The van der Waals surface area contributed by atoms with E-state index in [-0.39, 0.29) is 0 Å². The van der Waals surface area contributed by atoms with E-state index in [1.165, 1.54) is 0 Å². The number of anilines is 2. The predicted octanol–water partition coefficient (Wildman–Crippen LogP) is 5.30. The molecule has 0 atom stereocenters. The molecule has 4 rings (SSSR count). The van der Waals surface area contributed by atoms with Crippen LogP contribution in [0, 0.1) is 0 Å². The highest BCUT2D eigenvalue weighted by molar-refractivity contribution is 7.18. The zero-order chi connectivity index (χ0) is 17.2. The summed E-state index contributed by atoms with van der Waals surface area (Å²) >= 11 is 1.69. The van der Waals surface area contributed by atoms with Gasteiger partial charge in [0.05, 0.1) is 0 Å². The summed E-state index contributed by atoms with van der Waals surface area (Å²) in [5, 5.41) is 3.14. The van der Waals surface area contributed by atoms with Crippen molar-refractivity contribution < 1.29 is 0 Å². The number of nitrogen functional groups attached to an aromatic ring is 2. The number of nitrogens with zero attached hydrogens (tertiary/aromatic N) is 1. The van der Waals surface area contributed by atoms with Crippen molar-refractivity contribution in [2.45, 2.75) is 0 Å². The van der Waals surface area contributed by atoms with Gasteiger partial charge in [-0.3, -0.25) is 0 Å². The monoisotopic (exact) mass is 343 g/mol. The van der Waals surface area contributed by atoms with Gasteiger partial charge < -0.3 is 11.5 Å². The molecule has 0 spiro atoms. The molecule has 0 aliphatic rings. The summed E-state index contributed by atoms with van der Waals surface area (Å²) in [7, 11) is 0. The molecule has 2 aromatic heterocycles. The lowest BCUT2D eigenvalue weighted by Crippen LogP contribution is -1.92. The molecule has 0 aliphatic heterocycles. The highest BCUT2D eigenvalue weighted by atomic mass is 32.1. The highest BCUT2D eigenvalue weighted by Crippen LogP contribution is 2.39. The third-order valence-corrected chi connectivity index (χ3v) is 5.16. The van der Waals surface area contributed by atoms with Crippen LogP contribution in [-0.4, -0.2) is 4.98 Å². The summed E-state index contributed by atoms with van der Waals surface area (Å²) in [6.45, 7) is 0. The van der Waals surface area contributed by atoms with Crippen molar-refractivity contribution in [2.24, 2.45) is 0 Å². The average Bonchev–Trinajstić information content (AvgIpc) is 3.09. The Labute approximate surface area is 150 Å². The number of hydrogen-bond donors (Lipinski definition) is 2. The second-order valence-electron chi connectivity index (χ2n) is 5.82. The smallest absolute Gasteiger partial charge is 0.132 e. The second kappa shape index (κ2) is 6.42. The topological polar surface area (TPSA) is 64.9 Å². The van der Waals surface area contributed by atoms with Gasteiger partial charge in [0.15, 0.2) is 0 Å². The Hall–Kier alpha value is -3.11. The first-order valence-electron chi connectivity index (χ1n) is 7.97. The molecule has 122 valence electrons. The van der Waals surface area contributed by atoms with Crippen LogP contribution in [0.5, 0.6) is 0 Å². The van der Waals surface area contributed by atoms with Gasteiger partial charge in [-0.05, 0) is 28.6 Å². The van der Waals surface area contributed by atoms with Gasteiger partial charge in [0.25, 0.3) is 0 Å². The van der Waals surface area contributed by atoms with Crippen LogP contribution in [0.4, 0.5) is 11.5 Å². The van der Waals surface area contributed by atoms with Gasteiger partial charge in [-0.1, -0.05) is 54.6 Å². The molecule has 25 heavy (non-hydrogen) atoms. The molecule has 2 heterocycles. The standard InChI is InChI=1S/C21H17N3S/c22-17-10-8-15(9-11-17)18-13-25-20-16(12-24-21(23)19(18)20)7-6-14-4-2-1-3-5-14/h1-13H,22H2,(H2,23,24). The fourth-order valence-corrected chi connectivity index (χ4v) is 3.91. The molecular formula is C21H17N3S. The van der Waals surface area contributed by atoms with Crippen molar-refractivity contribution in [3.63, 3.8) is 0 Å². The number of nitrogens with two attached hydrogens (primary N) is 2. The van der Waals surface area contributed by atoms with Gasteiger partial charge in [-0.15, -0.1) is 11.3 Å². The molecule has 4 aromatic rings. The van der Waals surface area contributed by atoms with Gasteiger partial charge in [0.1, 0.15) is 5.82 Å². The molecule has 0 fully saturated rings. The van der Waals surface area contributed by atoms with E-state index in [9.17, 15) is 0 Å². The molecule has 0 amide bonds. The van der Waals surface area contributed by atoms with Crippen molar-refractivity contribution in [3.8, 4) is 11.1 Å². The Morgan fingerprint density at radius 1 is 0.880 bits per heavy atom. The fourth-order valence-electron chi connectivity index (χ4n) is 2.83. The maximum absolute atomic E-state index is 6.19. The summed E-state index contributed by atoms with van der Waals surface area (Å²) in [5.74, 6) is 0.555. The maximum atomic E-state index is 6.19. The minimum atomic E-state index is 0.555. The number of rotatable bonds is 3. The SMILES string of the molecule is Nc1ccc(-c2csc3c(C=Cc4ccccc4)cnc(N)c23)cc1. The summed E-state index contributed by atoms with van der Waals surface area (Å²) < 4.78 is 1.14. The summed E-state index contributed by atoms with van der Waals surface area (Å²) in [4.78, 5) is 4.40. The lowest BCUT2D eigenvalue weighted by molar-refractivity contribution is 1.37. The Balaban J connectivity index is 1.82. The lowest BCUT2D eigenvalue weighted by Gasteiger charge is -2.04. The number of benzene rings is 2. The molecule has 4 N–H and O–H groups in total. The lowest BCUT2D eigenvalue weighted by atomic mass is 10.0.